The molecule has 1 aromatic carbocycles. The highest BCUT2D eigenvalue weighted by molar-refractivity contribution is 5.26. The van der Waals surface area contributed by atoms with Crippen LogP contribution in [0, 0.1) is 0 Å². The fourth-order valence-electron chi connectivity index (χ4n) is 1.61. The Bertz CT molecular complexity index is 290. The van der Waals surface area contributed by atoms with Crippen molar-refractivity contribution in [1.29, 1.82) is 0 Å². The van der Waals surface area contributed by atoms with Crippen LogP contribution in [0.1, 0.15) is 31.4 Å². The Morgan fingerprint density at radius 2 is 1.87 bits per heavy atom. The monoisotopic (exact) mass is 207 g/mol. The summed E-state index contributed by atoms with van der Waals surface area (Å²) in [6.07, 6.45) is 1.77. The fraction of sp³-hybridized carbons (Fsp3) is 0.538. The van der Waals surface area contributed by atoms with Crippen molar-refractivity contribution in [3.05, 3.63) is 35.4 Å². The first-order valence-corrected chi connectivity index (χ1v) is 5.56. The summed E-state index contributed by atoms with van der Waals surface area (Å²) in [6.45, 7) is 4.82. The van der Waals surface area contributed by atoms with Crippen LogP contribution in [0.2, 0.25) is 0 Å². The average Bonchev–Trinajstić information content (AvgIpc) is 2.26. The van der Waals surface area contributed by atoms with E-state index in [0.29, 0.717) is 0 Å². The molecule has 0 aliphatic carbocycles. The molecule has 0 spiro atoms. The van der Waals surface area contributed by atoms with E-state index in [0.717, 1.165) is 24.9 Å². The maximum Gasteiger partial charge on any atom is 0.0880 e. The largest absolute Gasteiger partial charge is 0.385 e. The highest BCUT2D eigenvalue weighted by Crippen LogP contribution is 2.24. The van der Waals surface area contributed by atoms with Gasteiger partial charge < -0.3 is 10.4 Å². The Morgan fingerprint density at radius 3 is 2.33 bits per heavy atom. The van der Waals surface area contributed by atoms with E-state index in [9.17, 15) is 5.11 Å². The van der Waals surface area contributed by atoms with Gasteiger partial charge in [-0.25, -0.2) is 0 Å². The number of hydrogen-bond donors (Lipinski definition) is 2. The normalized spacial score (nSPS) is 14.9. The molecule has 1 unspecified atom stereocenters. The van der Waals surface area contributed by atoms with E-state index in [1.54, 1.807) is 0 Å². The standard InChI is InChI=1S/C13H21NO/c1-4-11-5-7-12(8-6-11)13(2,15)9-10-14-3/h5-8,14-15H,4,9-10H2,1-3H3. The summed E-state index contributed by atoms with van der Waals surface area (Å²) in [6, 6.07) is 8.22. The lowest BCUT2D eigenvalue weighted by Gasteiger charge is -2.23. The van der Waals surface area contributed by atoms with Crippen LogP contribution in [0.15, 0.2) is 24.3 Å². The van der Waals surface area contributed by atoms with Gasteiger partial charge in [-0.15, -0.1) is 0 Å². The highest BCUT2D eigenvalue weighted by atomic mass is 16.3. The molecule has 1 rings (SSSR count). The van der Waals surface area contributed by atoms with E-state index in [-0.39, 0.29) is 0 Å². The molecular weight excluding hydrogens is 186 g/mol. The van der Waals surface area contributed by atoms with Gasteiger partial charge >= 0.3 is 0 Å². The molecule has 0 saturated heterocycles. The van der Waals surface area contributed by atoms with Crippen LogP contribution >= 0.6 is 0 Å². The number of aryl methyl sites for hydroxylation is 1. The van der Waals surface area contributed by atoms with Gasteiger partial charge in [0, 0.05) is 0 Å². The Balaban J connectivity index is 2.75. The molecule has 1 aromatic rings. The molecule has 2 N–H and O–H groups in total. The van der Waals surface area contributed by atoms with Crippen LogP contribution in [0.4, 0.5) is 0 Å². The molecule has 1 atom stereocenters. The first-order valence-electron chi connectivity index (χ1n) is 5.56. The van der Waals surface area contributed by atoms with Crippen LogP contribution in [0.3, 0.4) is 0 Å². The minimum absolute atomic E-state index is 0.727. The maximum absolute atomic E-state index is 10.2. The molecule has 0 aliphatic rings. The van der Waals surface area contributed by atoms with Gasteiger partial charge in [-0.05, 0) is 44.5 Å². The third kappa shape index (κ3) is 3.33. The fourth-order valence-corrected chi connectivity index (χ4v) is 1.61. The summed E-state index contributed by atoms with van der Waals surface area (Å²) in [7, 11) is 1.90. The molecule has 0 aliphatic heterocycles. The highest BCUT2D eigenvalue weighted by Gasteiger charge is 2.21. The summed E-state index contributed by atoms with van der Waals surface area (Å²) in [5, 5.41) is 13.3. The second-order valence-electron chi connectivity index (χ2n) is 4.18. The predicted molar refractivity (Wildman–Crippen MR) is 63.9 cm³/mol. The molecular formula is C13H21NO. The van der Waals surface area contributed by atoms with Gasteiger partial charge in [0.2, 0.25) is 0 Å². The molecule has 0 radical (unpaired) electrons. The lowest BCUT2D eigenvalue weighted by molar-refractivity contribution is 0.0485. The molecule has 0 heterocycles. The van der Waals surface area contributed by atoms with Crippen molar-refractivity contribution in [3.63, 3.8) is 0 Å². The summed E-state index contributed by atoms with van der Waals surface area (Å²) in [4.78, 5) is 0. The van der Waals surface area contributed by atoms with E-state index < -0.39 is 5.60 Å². The van der Waals surface area contributed by atoms with Crippen molar-refractivity contribution in [2.24, 2.45) is 0 Å². The van der Waals surface area contributed by atoms with Crippen LogP contribution in [0.25, 0.3) is 0 Å². The number of nitrogens with one attached hydrogen (secondary N) is 1. The Labute approximate surface area is 92.3 Å². The number of benzene rings is 1. The Morgan fingerprint density at radius 1 is 1.27 bits per heavy atom. The topological polar surface area (TPSA) is 32.3 Å². The van der Waals surface area contributed by atoms with Crippen molar-refractivity contribution in [1.82, 2.24) is 5.32 Å². The van der Waals surface area contributed by atoms with Crippen molar-refractivity contribution in [2.45, 2.75) is 32.3 Å². The molecule has 84 valence electrons. The predicted octanol–water partition coefficient (Wildman–Crippen LogP) is 2.07. The summed E-state index contributed by atoms with van der Waals surface area (Å²) in [5.74, 6) is 0. The SMILES string of the molecule is CCc1ccc(C(C)(O)CCNC)cc1. The molecule has 0 amide bonds. The smallest absolute Gasteiger partial charge is 0.0880 e. The molecule has 0 saturated carbocycles. The third-order valence-electron chi connectivity index (χ3n) is 2.85. The molecule has 15 heavy (non-hydrogen) atoms. The third-order valence-corrected chi connectivity index (χ3v) is 2.85. The molecule has 0 aromatic heterocycles. The van der Waals surface area contributed by atoms with Crippen molar-refractivity contribution in [3.8, 4) is 0 Å². The van der Waals surface area contributed by atoms with Gasteiger partial charge in [0.15, 0.2) is 0 Å². The van der Waals surface area contributed by atoms with E-state index in [1.807, 2.05) is 26.1 Å². The van der Waals surface area contributed by atoms with Gasteiger partial charge in [0.1, 0.15) is 0 Å². The van der Waals surface area contributed by atoms with Crippen LogP contribution < -0.4 is 5.32 Å². The number of aliphatic hydroxyl groups is 1. The number of hydrogen-bond acceptors (Lipinski definition) is 2. The van der Waals surface area contributed by atoms with Gasteiger partial charge in [-0.3, -0.25) is 0 Å². The van der Waals surface area contributed by atoms with Gasteiger partial charge in [-0.1, -0.05) is 31.2 Å². The van der Waals surface area contributed by atoms with Gasteiger partial charge in [0.25, 0.3) is 0 Å². The second kappa shape index (κ2) is 5.29. The summed E-state index contributed by atoms with van der Waals surface area (Å²) in [5.41, 5.74) is 1.58. The lowest BCUT2D eigenvalue weighted by Crippen LogP contribution is -2.26. The van der Waals surface area contributed by atoms with Crippen molar-refractivity contribution in [2.75, 3.05) is 13.6 Å². The zero-order valence-corrected chi connectivity index (χ0v) is 9.88. The Hall–Kier alpha value is -0.860. The van der Waals surface area contributed by atoms with Crippen LogP contribution in [-0.4, -0.2) is 18.7 Å². The molecule has 2 nitrogen and oxygen atoms in total. The lowest BCUT2D eigenvalue weighted by atomic mass is 9.91. The second-order valence-corrected chi connectivity index (χ2v) is 4.18. The zero-order valence-electron chi connectivity index (χ0n) is 9.88. The van der Waals surface area contributed by atoms with Gasteiger partial charge in [0.05, 0.1) is 5.60 Å². The van der Waals surface area contributed by atoms with Gasteiger partial charge in [-0.2, -0.15) is 0 Å². The first kappa shape index (κ1) is 12.2. The quantitative estimate of drug-likeness (QED) is 0.774. The van der Waals surface area contributed by atoms with E-state index in [4.69, 9.17) is 0 Å². The zero-order chi connectivity index (χ0) is 11.3. The molecule has 0 bridgehead atoms. The van der Waals surface area contributed by atoms with E-state index in [1.165, 1.54) is 5.56 Å². The maximum atomic E-state index is 10.2. The van der Waals surface area contributed by atoms with E-state index >= 15 is 0 Å². The number of rotatable bonds is 5. The van der Waals surface area contributed by atoms with Crippen molar-refractivity contribution >= 4 is 0 Å². The van der Waals surface area contributed by atoms with Crippen LogP contribution in [-0.2, 0) is 12.0 Å². The minimum atomic E-state index is -0.727. The Kier molecular flexibility index (Phi) is 4.30. The summed E-state index contributed by atoms with van der Waals surface area (Å²) >= 11 is 0. The van der Waals surface area contributed by atoms with E-state index in [2.05, 4.69) is 24.4 Å². The minimum Gasteiger partial charge on any atom is -0.385 e. The van der Waals surface area contributed by atoms with Crippen molar-refractivity contribution < 1.29 is 5.11 Å². The first-order chi connectivity index (χ1) is 7.10. The summed E-state index contributed by atoms with van der Waals surface area (Å²) < 4.78 is 0. The molecule has 2 heteroatoms. The molecule has 0 fully saturated rings. The van der Waals surface area contributed by atoms with Crippen LogP contribution in [0.5, 0.6) is 0 Å². The average molecular weight is 207 g/mol.